The minimum Gasteiger partial charge on any atom is -0.467 e. The molecule has 1 amide bonds. The maximum absolute atomic E-state index is 13.5. The van der Waals surface area contributed by atoms with Crippen LogP contribution in [0.2, 0.25) is 0 Å². The lowest BCUT2D eigenvalue weighted by atomic mass is 9.84. The minimum absolute atomic E-state index is 0.0444. The summed E-state index contributed by atoms with van der Waals surface area (Å²) in [6.45, 7) is 0. The molecule has 2 aliphatic rings. The number of amides is 1. The molecule has 2 fully saturated rings. The van der Waals surface area contributed by atoms with Crippen molar-refractivity contribution in [3.63, 3.8) is 0 Å². The Balaban J connectivity index is 1.66. The molecule has 1 aromatic heterocycles. The quantitative estimate of drug-likeness (QED) is 0.391. The fourth-order valence-electron chi connectivity index (χ4n) is 4.59. The number of aryl methyl sites for hydroxylation is 1. The Morgan fingerprint density at radius 3 is 2.74 bits per heavy atom. The number of nitro groups is 1. The summed E-state index contributed by atoms with van der Waals surface area (Å²) in [5.41, 5.74) is 0.00185. The zero-order chi connectivity index (χ0) is 22.1. The van der Waals surface area contributed by atoms with Gasteiger partial charge in [-0.15, -0.1) is 10.2 Å². The topological polar surface area (TPSA) is 120 Å². The molecule has 164 valence electrons. The van der Waals surface area contributed by atoms with Gasteiger partial charge in [0.15, 0.2) is 5.16 Å². The van der Waals surface area contributed by atoms with Crippen LogP contribution in [0.15, 0.2) is 34.6 Å². The number of benzene rings is 1. The molecule has 11 heteroatoms. The van der Waals surface area contributed by atoms with Crippen molar-refractivity contribution in [3.8, 4) is 0 Å². The first kappa shape index (κ1) is 21.3. The van der Waals surface area contributed by atoms with Crippen LogP contribution in [-0.4, -0.2) is 55.7 Å². The number of methoxy groups -OCH3 is 1. The van der Waals surface area contributed by atoms with Gasteiger partial charge in [-0.2, -0.15) is 0 Å². The van der Waals surface area contributed by atoms with E-state index in [4.69, 9.17) is 4.74 Å². The summed E-state index contributed by atoms with van der Waals surface area (Å²) in [4.78, 5) is 39.0. The van der Waals surface area contributed by atoms with Crippen molar-refractivity contribution in [3.05, 3.63) is 40.2 Å². The number of nitro benzene ring substituents is 1. The Labute approximate surface area is 183 Å². The summed E-state index contributed by atoms with van der Waals surface area (Å²) in [7, 11) is 3.06. The number of aromatic nitrogens is 3. The average Bonchev–Trinajstić information content (AvgIpc) is 3.36. The molecule has 3 unspecified atom stereocenters. The lowest BCUT2D eigenvalue weighted by Crippen LogP contribution is -2.46. The van der Waals surface area contributed by atoms with Gasteiger partial charge in [0.1, 0.15) is 12.4 Å². The lowest BCUT2D eigenvalue weighted by Gasteiger charge is -2.33. The van der Waals surface area contributed by atoms with Crippen LogP contribution >= 0.6 is 11.8 Å². The maximum atomic E-state index is 13.5. The molecule has 3 atom stereocenters. The van der Waals surface area contributed by atoms with Crippen molar-refractivity contribution in [2.75, 3.05) is 7.11 Å². The monoisotopic (exact) mass is 445 g/mol. The van der Waals surface area contributed by atoms with Crippen molar-refractivity contribution >= 4 is 29.3 Å². The van der Waals surface area contributed by atoms with E-state index < -0.39 is 16.9 Å². The molecule has 0 spiro atoms. The number of carbonyl (C=O) groups excluding carboxylic acids is 2. The average molecular weight is 446 g/mol. The van der Waals surface area contributed by atoms with Crippen molar-refractivity contribution in [1.29, 1.82) is 0 Å². The first-order valence-corrected chi connectivity index (χ1v) is 10.9. The Bertz CT molecular complexity index is 1030. The van der Waals surface area contributed by atoms with Crippen LogP contribution in [-0.2, 0) is 16.6 Å². The summed E-state index contributed by atoms with van der Waals surface area (Å²) < 4.78 is 6.60. The Kier molecular flexibility index (Phi) is 5.94. The molecule has 1 saturated carbocycles. The number of likely N-dealkylation sites (tertiary alicyclic amines) is 1. The predicted molar refractivity (Wildman–Crippen MR) is 111 cm³/mol. The third-order valence-electron chi connectivity index (χ3n) is 6.07. The summed E-state index contributed by atoms with van der Waals surface area (Å²) in [6.07, 6.45) is 5.95. The number of ether oxygens (including phenoxy) is 1. The predicted octanol–water partition coefficient (Wildman–Crippen LogP) is 2.82. The van der Waals surface area contributed by atoms with E-state index in [0.29, 0.717) is 16.5 Å². The highest BCUT2D eigenvalue weighted by Crippen LogP contribution is 2.41. The number of hydrogen-bond acceptors (Lipinski definition) is 8. The van der Waals surface area contributed by atoms with E-state index in [1.807, 2.05) is 0 Å². The molecule has 2 aromatic rings. The van der Waals surface area contributed by atoms with Crippen molar-refractivity contribution < 1.29 is 19.2 Å². The first-order valence-electron chi connectivity index (χ1n) is 10.1. The first-order chi connectivity index (χ1) is 14.9. The van der Waals surface area contributed by atoms with Crippen molar-refractivity contribution in [2.45, 2.75) is 54.2 Å². The van der Waals surface area contributed by atoms with Crippen molar-refractivity contribution in [1.82, 2.24) is 19.7 Å². The van der Waals surface area contributed by atoms with Crippen LogP contribution in [0.5, 0.6) is 0 Å². The second-order valence-corrected chi connectivity index (χ2v) is 8.87. The zero-order valence-corrected chi connectivity index (χ0v) is 18.1. The third-order valence-corrected chi connectivity index (χ3v) is 7.19. The highest BCUT2D eigenvalue weighted by atomic mass is 32.2. The van der Waals surface area contributed by atoms with Crippen LogP contribution in [0.1, 0.15) is 42.5 Å². The number of rotatable bonds is 5. The Morgan fingerprint density at radius 2 is 2.06 bits per heavy atom. The Hall–Kier alpha value is -2.95. The van der Waals surface area contributed by atoms with Crippen LogP contribution in [0.3, 0.4) is 0 Å². The van der Waals surface area contributed by atoms with Gasteiger partial charge in [-0.3, -0.25) is 14.9 Å². The van der Waals surface area contributed by atoms with Gasteiger partial charge in [-0.05, 0) is 49.1 Å². The molecule has 1 saturated heterocycles. The molecular formula is C20H23N5O5S. The van der Waals surface area contributed by atoms with Gasteiger partial charge in [-0.25, -0.2) is 4.79 Å². The van der Waals surface area contributed by atoms with Crippen LogP contribution in [0, 0.1) is 16.0 Å². The third kappa shape index (κ3) is 4.01. The second kappa shape index (κ2) is 8.66. The van der Waals surface area contributed by atoms with Crippen LogP contribution in [0.4, 0.5) is 5.69 Å². The van der Waals surface area contributed by atoms with Crippen LogP contribution < -0.4 is 0 Å². The summed E-state index contributed by atoms with van der Waals surface area (Å²) in [6, 6.07) is 3.70. The molecule has 31 heavy (non-hydrogen) atoms. The van der Waals surface area contributed by atoms with Gasteiger partial charge in [0.2, 0.25) is 0 Å². The fraction of sp³-hybridized carbons (Fsp3) is 0.500. The van der Waals surface area contributed by atoms with E-state index in [2.05, 4.69) is 10.2 Å². The highest BCUT2D eigenvalue weighted by Gasteiger charge is 2.48. The lowest BCUT2D eigenvalue weighted by molar-refractivity contribution is -0.387. The molecule has 0 bridgehead atoms. The van der Waals surface area contributed by atoms with E-state index in [0.717, 1.165) is 37.4 Å². The smallest absolute Gasteiger partial charge is 0.328 e. The number of fused-ring (bicyclic) bond motifs is 1. The van der Waals surface area contributed by atoms with Crippen molar-refractivity contribution in [2.24, 2.45) is 13.0 Å². The number of hydrogen-bond donors (Lipinski definition) is 0. The van der Waals surface area contributed by atoms with E-state index in [-0.39, 0.29) is 29.1 Å². The van der Waals surface area contributed by atoms with Gasteiger partial charge in [0.25, 0.3) is 11.6 Å². The molecule has 1 aliphatic carbocycles. The van der Waals surface area contributed by atoms with E-state index in [1.165, 1.54) is 19.5 Å². The summed E-state index contributed by atoms with van der Waals surface area (Å²) >= 11 is 1.10. The number of carbonyl (C=O) groups is 2. The number of esters is 1. The zero-order valence-electron chi connectivity index (χ0n) is 17.3. The molecule has 1 aliphatic heterocycles. The highest BCUT2D eigenvalue weighted by molar-refractivity contribution is 7.99. The molecule has 10 nitrogen and oxygen atoms in total. The molecule has 0 radical (unpaired) electrons. The second-order valence-electron chi connectivity index (χ2n) is 7.87. The van der Waals surface area contributed by atoms with Gasteiger partial charge >= 0.3 is 5.97 Å². The van der Waals surface area contributed by atoms with Gasteiger partial charge in [0.05, 0.1) is 16.9 Å². The fourth-order valence-corrected chi connectivity index (χ4v) is 5.44. The molecule has 0 N–H and O–H groups in total. The Morgan fingerprint density at radius 1 is 1.29 bits per heavy atom. The minimum atomic E-state index is -0.655. The molecule has 4 rings (SSSR count). The van der Waals surface area contributed by atoms with Crippen LogP contribution in [0.25, 0.3) is 0 Å². The molecule has 2 heterocycles. The number of nitrogens with zero attached hydrogens (tertiary/aromatic N) is 5. The van der Waals surface area contributed by atoms with E-state index in [9.17, 15) is 19.7 Å². The summed E-state index contributed by atoms with van der Waals surface area (Å²) in [5, 5.41) is 19.9. The normalized spacial score (nSPS) is 22.8. The largest absolute Gasteiger partial charge is 0.467 e. The van der Waals surface area contributed by atoms with E-state index in [1.54, 1.807) is 28.6 Å². The van der Waals surface area contributed by atoms with Gasteiger partial charge in [-0.1, -0.05) is 12.8 Å². The van der Waals surface area contributed by atoms with Gasteiger partial charge < -0.3 is 14.2 Å². The van der Waals surface area contributed by atoms with E-state index >= 15 is 0 Å². The molecule has 1 aromatic carbocycles. The SMILES string of the molecule is COC(=O)C1CC2CCCCC2N1C(=O)c1ccc(Sc2nncn2C)c([N+](=O)[O-])c1. The standard InChI is InChI=1S/C20H23N5O5S/c1-23-11-21-22-20(23)31-17-8-7-13(10-15(17)25(28)29)18(26)24-14-6-4-3-5-12(14)9-16(24)19(27)30-2/h7-8,10-12,14,16H,3-6,9H2,1-2H3. The van der Waals surface area contributed by atoms with Gasteiger partial charge in [0, 0.05) is 24.7 Å². The maximum Gasteiger partial charge on any atom is 0.328 e. The molecular weight excluding hydrogens is 422 g/mol. The summed E-state index contributed by atoms with van der Waals surface area (Å²) in [5.74, 6) is -0.558.